The molecule has 6 heteroatoms. The van der Waals surface area contributed by atoms with Crippen LogP contribution in [0.1, 0.15) is 23.0 Å². The maximum absolute atomic E-state index is 13.6. The number of halogens is 1. The first-order valence-electron chi connectivity index (χ1n) is 7.94. The van der Waals surface area contributed by atoms with Crippen molar-refractivity contribution in [2.45, 2.75) is 12.6 Å². The van der Waals surface area contributed by atoms with E-state index >= 15 is 0 Å². The first kappa shape index (κ1) is 16.7. The number of benzene rings is 2. The highest BCUT2D eigenvalue weighted by molar-refractivity contribution is 5.75. The van der Waals surface area contributed by atoms with E-state index in [9.17, 15) is 9.18 Å². The number of rotatable bonds is 5. The molecule has 2 aromatic carbocycles. The third-order valence-corrected chi connectivity index (χ3v) is 3.92. The summed E-state index contributed by atoms with van der Waals surface area (Å²) >= 11 is 0. The highest BCUT2D eigenvalue weighted by Crippen LogP contribution is 2.22. The van der Waals surface area contributed by atoms with E-state index in [1.54, 1.807) is 18.3 Å². The SMILES string of the molecule is Cn1ccnc1CNC(=O)N[C@@H](c1ccccc1)c1cccc(F)c1. The molecule has 0 aliphatic heterocycles. The second kappa shape index (κ2) is 7.61. The largest absolute Gasteiger partial charge is 0.337 e. The summed E-state index contributed by atoms with van der Waals surface area (Å²) in [6, 6.07) is 14.9. The molecular weight excluding hydrogens is 319 g/mol. The molecular formula is C19H19FN4O. The Labute approximate surface area is 145 Å². The molecule has 1 heterocycles. The Hall–Kier alpha value is -3.15. The van der Waals surface area contributed by atoms with Gasteiger partial charge in [0.05, 0.1) is 12.6 Å². The number of urea groups is 1. The zero-order chi connectivity index (χ0) is 17.6. The number of carbonyl (C=O) groups is 1. The molecule has 3 aromatic rings. The summed E-state index contributed by atoms with van der Waals surface area (Å²) in [5.41, 5.74) is 1.55. The van der Waals surface area contributed by atoms with Gasteiger partial charge in [-0.25, -0.2) is 14.2 Å². The molecule has 3 rings (SSSR count). The number of carbonyl (C=O) groups excluding carboxylic acids is 1. The van der Waals surface area contributed by atoms with Gasteiger partial charge < -0.3 is 15.2 Å². The average molecular weight is 338 g/mol. The topological polar surface area (TPSA) is 59.0 Å². The summed E-state index contributed by atoms with van der Waals surface area (Å²) < 4.78 is 15.5. The number of nitrogens with zero attached hydrogens (tertiary/aromatic N) is 2. The second-order valence-corrected chi connectivity index (χ2v) is 5.68. The predicted octanol–water partition coefficient (Wildman–Crippen LogP) is 3.15. The van der Waals surface area contributed by atoms with Crippen molar-refractivity contribution in [3.63, 3.8) is 0 Å². The van der Waals surface area contributed by atoms with Crippen molar-refractivity contribution in [3.8, 4) is 0 Å². The minimum Gasteiger partial charge on any atom is -0.337 e. The van der Waals surface area contributed by atoms with Crippen LogP contribution in [0.25, 0.3) is 0 Å². The van der Waals surface area contributed by atoms with Crippen molar-refractivity contribution in [3.05, 3.63) is 89.8 Å². The van der Waals surface area contributed by atoms with Crippen molar-refractivity contribution >= 4 is 6.03 Å². The number of hydrogen-bond acceptors (Lipinski definition) is 2. The van der Waals surface area contributed by atoms with Crippen LogP contribution < -0.4 is 10.6 Å². The predicted molar refractivity (Wildman–Crippen MR) is 93.3 cm³/mol. The van der Waals surface area contributed by atoms with E-state index in [-0.39, 0.29) is 11.8 Å². The Bertz CT molecular complexity index is 847. The molecule has 0 bridgehead atoms. The van der Waals surface area contributed by atoms with E-state index in [1.807, 2.05) is 48.1 Å². The van der Waals surface area contributed by atoms with Gasteiger partial charge in [-0.1, -0.05) is 42.5 Å². The quantitative estimate of drug-likeness (QED) is 0.751. The Balaban J connectivity index is 1.76. The van der Waals surface area contributed by atoms with Gasteiger partial charge in [0, 0.05) is 19.4 Å². The number of aromatic nitrogens is 2. The zero-order valence-electron chi connectivity index (χ0n) is 13.8. The van der Waals surface area contributed by atoms with Crippen LogP contribution in [0.2, 0.25) is 0 Å². The monoisotopic (exact) mass is 338 g/mol. The number of aryl methyl sites for hydroxylation is 1. The summed E-state index contributed by atoms with van der Waals surface area (Å²) in [7, 11) is 1.86. The molecule has 5 nitrogen and oxygen atoms in total. The van der Waals surface area contributed by atoms with E-state index in [0.717, 1.165) is 11.4 Å². The van der Waals surface area contributed by atoms with Gasteiger partial charge in [-0.05, 0) is 23.3 Å². The van der Waals surface area contributed by atoms with Crippen LogP contribution in [0, 0.1) is 5.82 Å². The van der Waals surface area contributed by atoms with Gasteiger partial charge in [0.2, 0.25) is 0 Å². The second-order valence-electron chi connectivity index (χ2n) is 5.68. The molecule has 1 aromatic heterocycles. The van der Waals surface area contributed by atoms with Crippen LogP contribution in [-0.4, -0.2) is 15.6 Å². The van der Waals surface area contributed by atoms with Crippen LogP contribution >= 0.6 is 0 Å². The van der Waals surface area contributed by atoms with Crippen molar-refractivity contribution < 1.29 is 9.18 Å². The standard InChI is InChI=1S/C19H19FN4O/c1-24-11-10-21-17(24)13-22-19(25)23-18(14-6-3-2-4-7-14)15-8-5-9-16(20)12-15/h2-12,18H,13H2,1H3,(H2,22,23,25)/t18-/m0/s1. The first-order chi connectivity index (χ1) is 12.1. The number of amides is 2. The number of nitrogens with one attached hydrogen (secondary N) is 2. The summed E-state index contributed by atoms with van der Waals surface area (Å²) in [4.78, 5) is 16.5. The lowest BCUT2D eigenvalue weighted by Gasteiger charge is -2.20. The third-order valence-electron chi connectivity index (χ3n) is 3.92. The first-order valence-corrected chi connectivity index (χ1v) is 7.94. The smallest absolute Gasteiger partial charge is 0.315 e. The number of imidazole rings is 1. The van der Waals surface area contributed by atoms with E-state index in [4.69, 9.17) is 0 Å². The Morgan fingerprint density at radius 3 is 2.60 bits per heavy atom. The van der Waals surface area contributed by atoms with E-state index in [1.165, 1.54) is 12.1 Å². The normalized spacial score (nSPS) is 11.8. The summed E-state index contributed by atoms with van der Waals surface area (Å²) in [5, 5.41) is 5.69. The van der Waals surface area contributed by atoms with Crippen molar-refractivity contribution in [1.29, 1.82) is 0 Å². The summed E-state index contributed by atoms with van der Waals surface area (Å²) in [6.45, 7) is 0.306. The van der Waals surface area contributed by atoms with Gasteiger partial charge in [-0.2, -0.15) is 0 Å². The van der Waals surface area contributed by atoms with Gasteiger partial charge in [-0.15, -0.1) is 0 Å². The molecule has 2 amide bonds. The van der Waals surface area contributed by atoms with E-state index < -0.39 is 6.04 Å². The van der Waals surface area contributed by atoms with Crippen LogP contribution in [0.4, 0.5) is 9.18 Å². The minimum absolute atomic E-state index is 0.306. The van der Waals surface area contributed by atoms with Gasteiger partial charge in [0.15, 0.2) is 0 Å². The van der Waals surface area contributed by atoms with Crippen LogP contribution in [0.15, 0.2) is 67.0 Å². The Kier molecular flexibility index (Phi) is 5.09. The maximum Gasteiger partial charge on any atom is 0.315 e. The molecule has 0 saturated heterocycles. The molecule has 128 valence electrons. The van der Waals surface area contributed by atoms with Gasteiger partial charge >= 0.3 is 6.03 Å². The molecule has 2 N–H and O–H groups in total. The Morgan fingerprint density at radius 1 is 1.16 bits per heavy atom. The number of hydrogen-bond donors (Lipinski definition) is 2. The fraction of sp³-hybridized carbons (Fsp3) is 0.158. The molecule has 0 radical (unpaired) electrons. The molecule has 0 spiro atoms. The molecule has 1 atom stereocenters. The highest BCUT2D eigenvalue weighted by Gasteiger charge is 2.17. The lowest BCUT2D eigenvalue weighted by Crippen LogP contribution is -2.38. The van der Waals surface area contributed by atoms with Crippen LogP contribution in [0.5, 0.6) is 0 Å². The molecule has 25 heavy (non-hydrogen) atoms. The van der Waals surface area contributed by atoms with E-state index in [0.29, 0.717) is 12.1 Å². The van der Waals surface area contributed by atoms with Crippen molar-refractivity contribution in [2.75, 3.05) is 0 Å². The lowest BCUT2D eigenvalue weighted by molar-refractivity contribution is 0.238. The summed E-state index contributed by atoms with van der Waals surface area (Å²) in [6.07, 6.45) is 3.49. The molecule has 0 fully saturated rings. The molecule has 0 saturated carbocycles. The van der Waals surface area contributed by atoms with Crippen LogP contribution in [-0.2, 0) is 13.6 Å². The van der Waals surface area contributed by atoms with Crippen molar-refractivity contribution in [1.82, 2.24) is 20.2 Å². The average Bonchev–Trinajstić information content (AvgIpc) is 3.03. The zero-order valence-corrected chi connectivity index (χ0v) is 13.8. The fourth-order valence-electron chi connectivity index (χ4n) is 2.60. The molecule has 0 aliphatic carbocycles. The van der Waals surface area contributed by atoms with Gasteiger partial charge in [-0.3, -0.25) is 0 Å². The Morgan fingerprint density at radius 2 is 1.92 bits per heavy atom. The molecule has 0 aliphatic rings. The van der Waals surface area contributed by atoms with Gasteiger partial charge in [0.25, 0.3) is 0 Å². The summed E-state index contributed by atoms with van der Waals surface area (Å²) in [5.74, 6) is 0.408. The highest BCUT2D eigenvalue weighted by atomic mass is 19.1. The van der Waals surface area contributed by atoms with Crippen molar-refractivity contribution in [2.24, 2.45) is 7.05 Å². The van der Waals surface area contributed by atoms with Gasteiger partial charge in [0.1, 0.15) is 11.6 Å². The van der Waals surface area contributed by atoms with E-state index in [2.05, 4.69) is 15.6 Å². The molecule has 0 unspecified atom stereocenters. The fourth-order valence-corrected chi connectivity index (χ4v) is 2.60. The van der Waals surface area contributed by atoms with Crippen LogP contribution in [0.3, 0.4) is 0 Å². The maximum atomic E-state index is 13.6. The lowest BCUT2D eigenvalue weighted by atomic mass is 9.99. The third kappa shape index (κ3) is 4.23. The minimum atomic E-state index is -0.446.